The van der Waals surface area contributed by atoms with Crippen LogP contribution in [0.25, 0.3) is 16.8 Å². The third kappa shape index (κ3) is 6.43. The molecule has 0 spiro atoms. The van der Waals surface area contributed by atoms with Gasteiger partial charge in [-0.1, -0.05) is 81.9 Å². The van der Waals surface area contributed by atoms with Crippen LogP contribution in [0.4, 0.5) is 0 Å². The minimum Gasteiger partial charge on any atom is -0.488 e. The van der Waals surface area contributed by atoms with Gasteiger partial charge < -0.3 is 9.47 Å². The molecule has 1 aliphatic heterocycles. The predicted octanol–water partition coefficient (Wildman–Crippen LogP) is 7.40. The molecule has 5 aromatic rings. The van der Waals surface area contributed by atoms with Crippen molar-refractivity contribution in [2.75, 3.05) is 6.26 Å². The Bertz CT molecular complexity index is 2110. The molecule has 1 aromatic heterocycles. The lowest BCUT2D eigenvalue weighted by atomic mass is 9.96. The number of thioether (sulfide) groups is 1. The van der Waals surface area contributed by atoms with Crippen LogP contribution in [0, 0.1) is 0 Å². The van der Waals surface area contributed by atoms with Crippen LogP contribution in [-0.2, 0) is 16.1 Å². The van der Waals surface area contributed by atoms with Crippen molar-refractivity contribution >= 4 is 61.8 Å². The number of fused-ring (bicyclic) bond motifs is 2. The average Bonchev–Trinajstić information content (AvgIpc) is 3.34. The predicted molar refractivity (Wildman–Crippen MR) is 186 cm³/mol. The summed E-state index contributed by atoms with van der Waals surface area (Å²) in [5, 5.41) is 2.01. The molecule has 0 N–H and O–H groups in total. The summed E-state index contributed by atoms with van der Waals surface area (Å²) in [6.45, 7) is 5.80. The molecule has 0 unspecified atom stereocenters. The fourth-order valence-corrected chi connectivity index (χ4v) is 7.09. The number of allylic oxidation sites excluding steroid dienone is 1. The van der Waals surface area contributed by atoms with Gasteiger partial charge in [-0.25, -0.2) is 9.79 Å². The normalized spacial score (nSPS) is 14.9. The Balaban J connectivity index is 1.51. The smallest absolute Gasteiger partial charge is 0.338 e. The van der Waals surface area contributed by atoms with Gasteiger partial charge in [-0.05, 0) is 85.3 Å². The highest BCUT2D eigenvalue weighted by Gasteiger charge is 2.33. The topological polar surface area (TPSA) is 69.9 Å². The second-order valence-corrected chi connectivity index (χ2v) is 13.7. The minimum atomic E-state index is -0.675. The molecule has 0 saturated carbocycles. The lowest BCUT2D eigenvalue weighted by molar-refractivity contribution is -0.143. The van der Waals surface area contributed by atoms with Crippen LogP contribution in [0.2, 0.25) is 0 Å². The first-order valence-electron chi connectivity index (χ1n) is 14.5. The van der Waals surface area contributed by atoms with Crippen LogP contribution in [0.1, 0.15) is 43.5 Å². The Kier molecular flexibility index (Phi) is 9.12. The molecule has 1 aliphatic rings. The quantitative estimate of drug-likeness (QED) is 0.125. The maximum atomic E-state index is 14.3. The Morgan fingerprint density at radius 2 is 1.78 bits per heavy atom. The number of thiazole rings is 1. The van der Waals surface area contributed by atoms with E-state index in [0.717, 1.165) is 36.8 Å². The van der Waals surface area contributed by atoms with Gasteiger partial charge in [0.05, 0.1) is 27.9 Å². The van der Waals surface area contributed by atoms with Gasteiger partial charge in [0, 0.05) is 14.9 Å². The van der Waals surface area contributed by atoms with Crippen molar-refractivity contribution in [3.8, 4) is 5.75 Å². The van der Waals surface area contributed by atoms with Crippen LogP contribution in [0.15, 0.2) is 115 Å². The number of hydrogen-bond acceptors (Lipinski definition) is 7. The fourth-order valence-electron chi connectivity index (χ4n) is 5.38. The molecule has 4 aromatic carbocycles. The highest BCUT2D eigenvalue weighted by Crippen LogP contribution is 2.33. The lowest BCUT2D eigenvalue weighted by Gasteiger charge is -2.25. The molecule has 6 nitrogen and oxygen atoms in total. The van der Waals surface area contributed by atoms with Crippen LogP contribution < -0.4 is 19.6 Å². The van der Waals surface area contributed by atoms with Crippen molar-refractivity contribution in [3.63, 3.8) is 0 Å². The van der Waals surface area contributed by atoms with E-state index in [1.807, 2.05) is 111 Å². The Hall–Kier alpha value is -3.92. The van der Waals surface area contributed by atoms with Crippen LogP contribution in [-0.4, -0.2) is 22.9 Å². The molecule has 9 heteroatoms. The fraction of sp³-hybridized carbons (Fsp3) is 0.194. The first-order chi connectivity index (χ1) is 21.7. The zero-order chi connectivity index (χ0) is 31.7. The maximum Gasteiger partial charge on any atom is 0.338 e. The summed E-state index contributed by atoms with van der Waals surface area (Å²) >= 11 is 6.42. The maximum absolute atomic E-state index is 14.3. The molecule has 0 amide bonds. The largest absolute Gasteiger partial charge is 0.488 e. The monoisotopic (exact) mass is 698 g/mol. The van der Waals surface area contributed by atoms with Crippen LogP contribution in [0.5, 0.6) is 5.75 Å². The van der Waals surface area contributed by atoms with Gasteiger partial charge >= 0.3 is 5.97 Å². The van der Waals surface area contributed by atoms with Gasteiger partial charge in [-0.2, -0.15) is 0 Å². The number of rotatable bonds is 8. The molecule has 0 aliphatic carbocycles. The molecule has 1 atom stereocenters. The number of esters is 1. The van der Waals surface area contributed by atoms with Gasteiger partial charge in [0.1, 0.15) is 12.4 Å². The SMILES string of the molecule is CSc1ccc([C@@H]2C(C(=O)OC(C)C)=C(C)N=c3s/c(=C\c4c(OCc5ccc(Br)cc5)ccc5ccccc45)c(=O)n32)cc1. The third-order valence-electron chi connectivity index (χ3n) is 7.53. The summed E-state index contributed by atoms with van der Waals surface area (Å²) in [6, 6.07) is 27.3. The molecular weight excluding hydrogens is 668 g/mol. The number of hydrogen-bond donors (Lipinski definition) is 0. The van der Waals surface area contributed by atoms with E-state index >= 15 is 0 Å². The minimum absolute atomic E-state index is 0.230. The number of aromatic nitrogens is 1. The van der Waals surface area contributed by atoms with Crippen molar-refractivity contribution in [2.45, 2.75) is 44.4 Å². The van der Waals surface area contributed by atoms with E-state index in [2.05, 4.69) is 15.9 Å². The summed E-state index contributed by atoms with van der Waals surface area (Å²) < 4.78 is 15.1. The van der Waals surface area contributed by atoms with Crippen molar-refractivity contribution in [2.24, 2.45) is 4.99 Å². The zero-order valence-electron chi connectivity index (χ0n) is 25.2. The second-order valence-electron chi connectivity index (χ2n) is 10.9. The third-order valence-corrected chi connectivity index (χ3v) is 9.78. The van der Waals surface area contributed by atoms with Crippen molar-refractivity contribution in [3.05, 3.63) is 137 Å². The van der Waals surface area contributed by atoms with Gasteiger partial charge in [0.2, 0.25) is 0 Å². The van der Waals surface area contributed by atoms with Crippen molar-refractivity contribution < 1.29 is 14.3 Å². The summed E-state index contributed by atoms with van der Waals surface area (Å²) in [5.41, 5.74) is 3.33. The number of ether oxygens (including phenoxy) is 2. The van der Waals surface area contributed by atoms with Gasteiger partial charge in [-0.3, -0.25) is 9.36 Å². The molecule has 0 saturated heterocycles. The second kappa shape index (κ2) is 13.2. The molecule has 45 heavy (non-hydrogen) atoms. The lowest BCUT2D eigenvalue weighted by Crippen LogP contribution is -2.40. The van der Waals surface area contributed by atoms with E-state index in [0.29, 0.717) is 33.0 Å². The highest BCUT2D eigenvalue weighted by atomic mass is 79.9. The first kappa shape index (κ1) is 31.1. The van der Waals surface area contributed by atoms with Crippen molar-refractivity contribution in [1.82, 2.24) is 4.57 Å². The Morgan fingerprint density at radius 1 is 1.04 bits per heavy atom. The Labute approximate surface area is 277 Å². The molecule has 2 heterocycles. The number of carbonyl (C=O) groups excluding carboxylic acids is 1. The van der Waals surface area contributed by atoms with E-state index in [1.54, 1.807) is 23.3 Å². The standard InChI is InChI=1S/C36H31BrN2O4S2/c1-21(2)43-35(41)32-22(3)38-36-39(33(32)25-11-16-27(44-4)17-12-25)34(40)31(45-36)19-29-28-8-6-5-7-24(28)13-18-30(29)42-20-23-9-14-26(37)15-10-23/h5-19,21,33H,20H2,1-4H3/b31-19-/t33-/m1/s1. The summed E-state index contributed by atoms with van der Waals surface area (Å²) in [7, 11) is 0. The van der Waals surface area contributed by atoms with Gasteiger partial charge in [-0.15, -0.1) is 11.8 Å². The number of halogens is 1. The Morgan fingerprint density at radius 3 is 2.49 bits per heavy atom. The number of nitrogens with zero attached hydrogens (tertiary/aromatic N) is 2. The van der Waals surface area contributed by atoms with Gasteiger partial charge in [0.25, 0.3) is 5.56 Å². The van der Waals surface area contributed by atoms with Crippen LogP contribution in [0.3, 0.4) is 0 Å². The van der Waals surface area contributed by atoms with E-state index in [4.69, 9.17) is 14.5 Å². The molecule has 0 fully saturated rings. The summed E-state index contributed by atoms with van der Waals surface area (Å²) in [4.78, 5) is 34.2. The van der Waals surface area contributed by atoms with E-state index in [9.17, 15) is 9.59 Å². The highest BCUT2D eigenvalue weighted by molar-refractivity contribution is 9.10. The number of benzene rings is 4. The average molecular weight is 700 g/mol. The van der Waals surface area contributed by atoms with Crippen molar-refractivity contribution in [1.29, 1.82) is 0 Å². The zero-order valence-corrected chi connectivity index (χ0v) is 28.5. The summed E-state index contributed by atoms with van der Waals surface area (Å²) in [5.74, 6) is 0.196. The van der Waals surface area contributed by atoms with E-state index in [-0.39, 0.29) is 11.7 Å². The molecular formula is C36H31BrN2O4S2. The molecule has 228 valence electrons. The molecule has 6 rings (SSSR count). The molecule has 0 radical (unpaired) electrons. The van der Waals surface area contributed by atoms with Gasteiger partial charge in [0.15, 0.2) is 4.80 Å². The number of carbonyl (C=O) groups is 1. The van der Waals surface area contributed by atoms with Crippen LogP contribution >= 0.6 is 39.0 Å². The first-order valence-corrected chi connectivity index (χ1v) is 17.3. The summed E-state index contributed by atoms with van der Waals surface area (Å²) in [6.07, 6.45) is 3.59. The molecule has 0 bridgehead atoms. The van der Waals surface area contributed by atoms with E-state index in [1.165, 1.54) is 11.3 Å². The van der Waals surface area contributed by atoms with E-state index < -0.39 is 12.0 Å².